The maximum atomic E-state index is 13.7. The Morgan fingerprint density at radius 3 is 1.11 bits per heavy atom. The third-order valence-electron chi connectivity index (χ3n) is 15.0. The zero-order valence-corrected chi connectivity index (χ0v) is 54.3. The fourth-order valence-electron chi connectivity index (χ4n) is 9.96. The number of nitrogens with one attached hydrogen (secondary N) is 1. The van der Waals surface area contributed by atoms with Gasteiger partial charge in [0.1, 0.15) is 17.1 Å². The van der Waals surface area contributed by atoms with Gasteiger partial charge in [0.15, 0.2) is 17.1 Å². The van der Waals surface area contributed by atoms with Crippen molar-refractivity contribution in [1.29, 1.82) is 0 Å². The molecular weight excluding hydrogens is 1430 g/mol. The monoisotopic (exact) mass is 1500 g/mol. The van der Waals surface area contributed by atoms with Gasteiger partial charge in [-0.2, -0.15) is 141 Å². The zero-order valence-electron chi connectivity index (χ0n) is 51.9. The summed E-state index contributed by atoms with van der Waals surface area (Å²) in [4.78, 5) is 14.9. The molecule has 3 aliphatic heterocycles. The van der Waals surface area contributed by atoms with E-state index >= 15 is 0 Å². The molecule has 3 unspecified atom stereocenters. The molecule has 3 atom stereocenters. The molecule has 0 fully saturated rings. The standard InChI is InChI=1S/C22H23F6N3.C21H21F6N3.C11H15.C10H8F6N3.Ir/c1-7-17-30(6)18-15(11-16(21(23,24)25)29-19(18)22(26,27)28)31(17)14-10-13(20(3,4)5)9-8-12(14)2;1-11-7-8-13(19(3,4)5)9-14(11)30-12(2)29(6)17-15(30)10-16(20(22,23)24)28-18(17)21(25,26)27;1-9-5-7-10(8-6-9)11(2,3)4;1-4-17-5-3-6(9(11,12)13)18-8(10(14,15)16)7(5)19(4)2;/h8-11,17H,1-2,7H2,3-6H3;7-10,12H,1-2H2,3-6H3;5-8H,1H2,2-4H3;3-4,17H,1H2,2H3;/q2*-2;2*-1;. The van der Waals surface area contributed by atoms with Crippen molar-refractivity contribution in [2.75, 3.05) is 51.0 Å². The smallest absolute Gasteiger partial charge is 0.401 e. The minimum Gasteiger partial charge on any atom is -0.401 e. The van der Waals surface area contributed by atoms with Gasteiger partial charge in [0.05, 0.1) is 40.3 Å². The average Bonchev–Trinajstić information content (AvgIpc) is 1.57. The summed E-state index contributed by atoms with van der Waals surface area (Å²) in [6.07, 6.45) is -32.5. The molecule has 28 heteroatoms. The molecule has 6 aromatic rings. The normalized spacial score (nSPS) is 16.9. The molecule has 509 valence electrons. The number of alkyl halides is 18. The van der Waals surface area contributed by atoms with Crippen LogP contribution in [0.1, 0.15) is 136 Å². The second-order valence-electron chi connectivity index (χ2n) is 24.8. The number of hydrogen-bond donors (Lipinski definition) is 1. The van der Waals surface area contributed by atoms with Crippen LogP contribution in [0.4, 0.5) is 125 Å². The number of anilines is 8. The van der Waals surface area contributed by atoms with Crippen LogP contribution in [0.5, 0.6) is 0 Å². The van der Waals surface area contributed by atoms with E-state index in [1.54, 1.807) is 24.3 Å². The summed E-state index contributed by atoms with van der Waals surface area (Å²) in [7, 11) is 4.03. The topological polar surface area (TPSA) is 66.9 Å². The van der Waals surface area contributed by atoms with Crippen molar-refractivity contribution in [3.8, 4) is 0 Å². The molecule has 9 rings (SSSR count). The summed E-state index contributed by atoms with van der Waals surface area (Å²) in [5, 5.41) is 2.45. The first kappa shape index (κ1) is 75.6. The van der Waals surface area contributed by atoms with Crippen LogP contribution in [-0.2, 0) is 73.4 Å². The van der Waals surface area contributed by atoms with Crippen molar-refractivity contribution in [3.05, 3.63) is 188 Å². The van der Waals surface area contributed by atoms with Crippen LogP contribution in [0.2, 0.25) is 0 Å². The van der Waals surface area contributed by atoms with Crippen LogP contribution in [0.15, 0.2) is 78.9 Å². The summed E-state index contributed by atoms with van der Waals surface area (Å²) >= 11 is 0. The maximum absolute atomic E-state index is 13.7. The Bertz CT molecular complexity index is 3590. The number of nitrogens with zero attached hydrogens (tertiary/aromatic N) is 8. The van der Waals surface area contributed by atoms with Crippen molar-refractivity contribution in [2.45, 2.75) is 141 Å². The van der Waals surface area contributed by atoms with Crippen LogP contribution in [0, 0.1) is 41.5 Å². The Labute approximate surface area is 536 Å². The molecule has 0 amide bonds. The quantitative estimate of drug-likeness (QED) is 0.138. The SMILES string of the molecule is [CH2-]C1Nc2cc(C(F)(F)F)nc(C(F)(F)F)c2N1C.[CH2-]CC1N(C)c2c(cc(C(F)(F)F)nc2C(F)(F)F)N1c1cc(C(C)(C)C)ccc1[CH2-].[CH2-]c1ccc(C(C)(C)C)cc1.[CH2-]c1ccc(C(C)(C)C)cc1N1c2cc(C(F)(F)F)nc(C(F)(F)F)c2N(C)C1[CH2-].[Ir]. The Balaban J connectivity index is 0.000000235. The van der Waals surface area contributed by atoms with Crippen molar-refractivity contribution < 1.29 is 99.1 Å². The summed E-state index contributed by atoms with van der Waals surface area (Å²) in [6.45, 7) is 41.3. The third kappa shape index (κ3) is 16.3. The van der Waals surface area contributed by atoms with Gasteiger partial charge in [-0.05, 0) is 46.8 Å². The molecular formula is C64H67F18IrN9-6. The second kappa shape index (κ2) is 26.0. The molecule has 3 aliphatic rings. The molecule has 0 saturated heterocycles. The van der Waals surface area contributed by atoms with E-state index in [1.807, 2.05) is 53.7 Å². The van der Waals surface area contributed by atoms with Gasteiger partial charge in [0.25, 0.3) is 0 Å². The molecule has 0 bridgehead atoms. The Kier molecular flexibility index (Phi) is 21.4. The van der Waals surface area contributed by atoms with Gasteiger partial charge in [0.2, 0.25) is 0 Å². The summed E-state index contributed by atoms with van der Waals surface area (Å²) in [5.74, 6) is 0. The summed E-state index contributed by atoms with van der Waals surface area (Å²) < 4.78 is 239. The van der Waals surface area contributed by atoms with Gasteiger partial charge in [-0.3, -0.25) is 0 Å². The Morgan fingerprint density at radius 1 is 0.413 bits per heavy atom. The number of benzene rings is 3. The predicted octanol–water partition coefficient (Wildman–Crippen LogP) is 19.4. The first-order chi connectivity index (χ1) is 41.1. The number of halogens is 18. The largest absolute Gasteiger partial charge is 0.435 e. The number of pyridine rings is 3. The molecule has 1 radical (unpaired) electrons. The minimum atomic E-state index is -5.07. The van der Waals surface area contributed by atoms with E-state index in [2.05, 4.69) is 107 Å². The fourth-order valence-corrected chi connectivity index (χ4v) is 9.96. The van der Waals surface area contributed by atoms with Crippen molar-refractivity contribution in [3.63, 3.8) is 0 Å². The third-order valence-corrected chi connectivity index (χ3v) is 15.0. The molecule has 0 spiro atoms. The molecule has 3 aromatic carbocycles. The van der Waals surface area contributed by atoms with Gasteiger partial charge in [-0.15, -0.1) is 30.7 Å². The van der Waals surface area contributed by atoms with Crippen molar-refractivity contribution >= 4 is 45.5 Å². The van der Waals surface area contributed by atoms with Gasteiger partial charge in [-0.1, -0.05) is 103 Å². The van der Waals surface area contributed by atoms with Gasteiger partial charge in [-0.25, -0.2) is 15.0 Å². The van der Waals surface area contributed by atoms with E-state index in [0.29, 0.717) is 40.7 Å². The average molecular weight is 1500 g/mol. The Hall–Kier alpha value is -7.09. The number of hydrogen-bond acceptors (Lipinski definition) is 9. The minimum absolute atomic E-state index is 0. The summed E-state index contributed by atoms with van der Waals surface area (Å²) in [5.41, 5.74) is -5.98. The number of aromatic nitrogens is 3. The first-order valence-corrected chi connectivity index (χ1v) is 27.5. The van der Waals surface area contributed by atoms with Gasteiger partial charge >= 0.3 is 37.1 Å². The van der Waals surface area contributed by atoms with Crippen LogP contribution in [-0.4, -0.2) is 54.6 Å². The number of rotatable bonds is 3. The van der Waals surface area contributed by atoms with Crippen LogP contribution in [0.3, 0.4) is 0 Å². The van der Waals surface area contributed by atoms with E-state index in [0.717, 1.165) is 21.6 Å². The molecule has 0 aliphatic carbocycles. The Morgan fingerprint density at radius 2 is 0.750 bits per heavy atom. The van der Waals surface area contributed by atoms with E-state index in [9.17, 15) is 79.0 Å². The van der Waals surface area contributed by atoms with Crippen molar-refractivity contribution in [1.82, 2.24) is 15.0 Å². The maximum Gasteiger partial charge on any atom is 0.435 e. The predicted molar refractivity (Wildman–Crippen MR) is 317 cm³/mol. The molecule has 6 heterocycles. The van der Waals surface area contributed by atoms with Crippen LogP contribution >= 0.6 is 0 Å². The van der Waals surface area contributed by atoms with E-state index in [-0.39, 0.29) is 59.8 Å². The van der Waals surface area contributed by atoms with Gasteiger partial charge in [0, 0.05) is 41.2 Å². The van der Waals surface area contributed by atoms with E-state index < -0.39 is 107 Å². The molecule has 92 heavy (non-hydrogen) atoms. The summed E-state index contributed by atoms with van der Waals surface area (Å²) in [6, 6.07) is 20.8. The second-order valence-corrected chi connectivity index (χ2v) is 24.8. The first-order valence-electron chi connectivity index (χ1n) is 27.5. The van der Waals surface area contributed by atoms with Crippen LogP contribution < -0.4 is 29.8 Å². The van der Waals surface area contributed by atoms with Crippen molar-refractivity contribution in [2.24, 2.45) is 0 Å². The molecule has 1 N–H and O–H groups in total. The fraction of sp³-hybridized carbons (Fsp3) is 0.391. The number of fused-ring (bicyclic) bond motifs is 3. The molecule has 9 nitrogen and oxygen atoms in total. The van der Waals surface area contributed by atoms with Gasteiger partial charge < -0.3 is 50.6 Å². The molecule has 0 saturated carbocycles. The van der Waals surface area contributed by atoms with E-state index in [4.69, 9.17) is 0 Å². The molecule has 3 aromatic heterocycles. The van der Waals surface area contributed by atoms with Crippen LogP contribution in [0.25, 0.3) is 0 Å². The van der Waals surface area contributed by atoms with E-state index in [1.165, 1.54) is 46.3 Å². The zero-order chi connectivity index (χ0) is 69.4.